The van der Waals surface area contributed by atoms with Gasteiger partial charge in [-0.3, -0.25) is 9.59 Å². The van der Waals surface area contributed by atoms with Gasteiger partial charge in [0.05, 0.1) is 16.4 Å². The van der Waals surface area contributed by atoms with Crippen LogP contribution in [0.1, 0.15) is 31.0 Å². The molecule has 10 heteroatoms. The zero-order chi connectivity index (χ0) is 24.0. The maximum atomic E-state index is 15.0. The topological polar surface area (TPSA) is 88.9 Å². The number of halogens is 2. The molecule has 0 fully saturated rings. The minimum absolute atomic E-state index is 0.0402. The van der Waals surface area contributed by atoms with E-state index in [1.165, 1.54) is 21.8 Å². The highest BCUT2D eigenvalue weighted by molar-refractivity contribution is 7.16. The van der Waals surface area contributed by atoms with Crippen LogP contribution in [0.25, 0.3) is 21.5 Å². The van der Waals surface area contributed by atoms with Crippen molar-refractivity contribution in [2.75, 3.05) is 11.9 Å². The Bertz CT molecular complexity index is 1550. The number of aromatic nitrogens is 3. The Hall–Kier alpha value is -3.50. The number of rotatable bonds is 4. The largest absolute Gasteiger partial charge is 0.324 e. The first kappa shape index (κ1) is 22.3. The van der Waals surface area contributed by atoms with Crippen molar-refractivity contribution in [2.45, 2.75) is 32.9 Å². The lowest BCUT2D eigenvalue weighted by Crippen LogP contribution is -2.33. The predicted molar refractivity (Wildman–Crippen MR) is 129 cm³/mol. The summed E-state index contributed by atoms with van der Waals surface area (Å²) in [5.41, 5.74) is 2.72. The molecule has 0 saturated heterocycles. The molecule has 174 valence electrons. The third-order valence-corrected chi connectivity index (χ3v) is 6.72. The highest BCUT2D eigenvalue weighted by atomic mass is 32.1. The van der Waals surface area contributed by atoms with Crippen molar-refractivity contribution in [3.63, 3.8) is 0 Å². The van der Waals surface area contributed by atoms with Gasteiger partial charge in [-0.2, -0.15) is 0 Å². The van der Waals surface area contributed by atoms with Crippen LogP contribution in [0.3, 0.4) is 0 Å². The minimum atomic E-state index is -0.756. The van der Waals surface area contributed by atoms with Gasteiger partial charge in [0.15, 0.2) is 5.82 Å². The third-order valence-electron chi connectivity index (χ3n) is 5.75. The smallest absolute Gasteiger partial charge is 0.309 e. The number of anilines is 2. The van der Waals surface area contributed by atoms with Crippen molar-refractivity contribution >= 4 is 33.2 Å². The molecule has 0 spiro atoms. The number of nitrogens with zero attached hydrogens (tertiary/aromatic N) is 3. The van der Waals surface area contributed by atoms with Gasteiger partial charge in [-0.25, -0.2) is 18.7 Å². The number of hydrogen-bond donors (Lipinski definition) is 2. The first-order chi connectivity index (χ1) is 16.3. The molecule has 0 amide bonds. The average Bonchev–Trinajstić information content (AvgIpc) is 2.81. The van der Waals surface area contributed by atoms with Crippen LogP contribution in [0.2, 0.25) is 0 Å². The quantitative estimate of drug-likeness (QED) is 0.426. The number of fused-ring (bicyclic) bond motifs is 2. The van der Waals surface area contributed by atoms with Crippen LogP contribution in [0.4, 0.5) is 20.4 Å². The molecule has 0 unspecified atom stereocenters. The summed E-state index contributed by atoms with van der Waals surface area (Å²) in [6.07, 6.45) is 1.92. The van der Waals surface area contributed by atoms with Gasteiger partial charge in [0.2, 0.25) is 5.95 Å². The number of nitrogens with one attached hydrogen (secondary N) is 2. The summed E-state index contributed by atoms with van der Waals surface area (Å²) in [4.78, 5) is 32.8. The second-order valence-corrected chi connectivity index (χ2v) is 9.37. The molecule has 7 nitrogen and oxygen atoms in total. The molecule has 2 aromatic carbocycles. The molecular weight excluding hydrogens is 460 g/mol. The van der Waals surface area contributed by atoms with Gasteiger partial charge in [-0.1, -0.05) is 17.4 Å². The Morgan fingerprint density at radius 3 is 2.74 bits per heavy atom. The van der Waals surface area contributed by atoms with Crippen LogP contribution in [-0.4, -0.2) is 21.1 Å². The molecule has 2 N–H and O–H groups in total. The summed E-state index contributed by atoms with van der Waals surface area (Å²) in [5, 5.41) is 6.41. The number of hydrogen-bond acceptors (Lipinski definition) is 7. The average molecular weight is 482 g/mol. The minimum Gasteiger partial charge on any atom is -0.324 e. The molecule has 0 radical (unpaired) electrons. The standard InChI is InChI=1S/C24H21F2N5O2S/c1-12(2)31-19-9-15(8-17(25)21(19)34-23(33)22(31)32)20-18(26)11-28-24(30-20)29-16-4-3-14-10-27-6-5-13(14)7-16/h3-4,7-9,11-12,27H,5-6,10H2,1-2H3,(H,28,29,30). The van der Waals surface area contributed by atoms with Crippen molar-refractivity contribution in [1.82, 2.24) is 19.9 Å². The molecule has 0 bridgehead atoms. The van der Waals surface area contributed by atoms with E-state index in [-0.39, 0.29) is 27.4 Å². The summed E-state index contributed by atoms with van der Waals surface area (Å²) in [7, 11) is 0. The molecule has 1 aliphatic rings. The highest BCUT2D eigenvalue weighted by Crippen LogP contribution is 2.30. The Morgan fingerprint density at radius 2 is 1.94 bits per heavy atom. The lowest BCUT2D eigenvalue weighted by molar-refractivity contribution is 0.596. The van der Waals surface area contributed by atoms with Crippen molar-refractivity contribution < 1.29 is 8.78 Å². The van der Waals surface area contributed by atoms with Gasteiger partial charge < -0.3 is 15.2 Å². The van der Waals surface area contributed by atoms with E-state index in [0.29, 0.717) is 11.3 Å². The Balaban J connectivity index is 1.59. The van der Waals surface area contributed by atoms with E-state index in [9.17, 15) is 18.4 Å². The van der Waals surface area contributed by atoms with Crippen molar-refractivity contribution in [3.05, 3.63) is 79.2 Å². The fraction of sp³-hybridized carbons (Fsp3) is 0.250. The molecule has 1 aliphatic heterocycles. The Labute approximate surface area is 197 Å². The molecule has 2 aromatic heterocycles. The summed E-state index contributed by atoms with van der Waals surface area (Å²) in [6, 6.07) is 8.14. The maximum absolute atomic E-state index is 15.0. The van der Waals surface area contributed by atoms with E-state index >= 15 is 0 Å². The lowest BCUT2D eigenvalue weighted by atomic mass is 10.0. The zero-order valence-corrected chi connectivity index (χ0v) is 19.3. The van der Waals surface area contributed by atoms with Gasteiger partial charge in [0, 0.05) is 23.8 Å². The van der Waals surface area contributed by atoms with Crippen LogP contribution < -0.4 is 20.9 Å². The van der Waals surface area contributed by atoms with Gasteiger partial charge in [0.25, 0.3) is 4.74 Å². The fourth-order valence-corrected chi connectivity index (χ4v) is 4.96. The summed E-state index contributed by atoms with van der Waals surface area (Å²) in [5.74, 6) is -1.30. The summed E-state index contributed by atoms with van der Waals surface area (Å²) in [6.45, 7) is 5.16. The van der Waals surface area contributed by atoms with Crippen LogP contribution in [0.5, 0.6) is 0 Å². The molecule has 0 atom stereocenters. The van der Waals surface area contributed by atoms with Crippen LogP contribution in [0.15, 0.2) is 46.1 Å². The normalized spacial score (nSPS) is 13.3. The summed E-state index contributed by atoms with van der Waals surface area (Å²) < 4.78 is 30.3. The van der Waals surface area contributed by atoms with E-state index < -0.39 is 28.0 Å². The second kappa shape index (κ2) is 8.69. The molecule has 3 heterocycles. The maximum Gasteiger partial charge on any atom is 0.309 e. The van der Waals surface area contributed by atoms with Crippen LogP contribution >= 0.6 is 11.3 Å². The van der Waals surface area contributed by atoms with Gasteiger partial charge in [0.1, 0.15) is 11.5 Å². The van der Waals surface area contributed by atoms with Gasteiger partial charge in [-0.05, 0) is 62.2 Å². The molecule has 34 heavy (non-hydrogen) atoms. The molecule has 0 saturated carbocycles. The monoisotopic (exact) mass is 481 g/mol. The third kappa shape index (κ3) is 3.99. The summed E-state index contributed by atoms with van der Waals surface area (Å²) >= 11 is 0.544. The SMILES string of the molecule is CC(C)n1c(=O)c(=O)sc2c(F)cc(-c3nc(Nc4ccc5c(c4)CCNC5)ncc3F)cc21. The predicted octanol–water partition coefficient (Wildman–Crippen LogP) is 4.13. The van der Waals surface area contributed by atoms with E-state index in [2.05, 4.69) is 20.6 Å². The van der Waals surface area contributed by atoms with Crippen molar-refractivity contribution in [2.24, 2.45) is 0 Å². The molecule has 5 rings (SSSR count). The van der Waals surface area contributed by atoms with E-state index in [1.807, 2.05) is 18.2 Å². The van der Waals surface area contributed by atoms with E-state index in [4.69, 9.17) is 0 Å². The van der Waals surface area contributed by atoms with Gasteiger partial charge >= 0.3 is 5.56 Å². The Kier molecular flexibility index (Phi) is 5.70. The van der Waals surface area contributed by atoms with E-state index in [1.54, 1.807) is 13.8 Å². The lowest BCUT2D eigenvalue weighted by Gasteiger charge is -2.18. The molecular formula is C24H21F2N5O2S. The number of benzene rings is 2. The molecule has 0 aliphatic carbocycles. The fourth-order valence-electron chi connectivity index (χ4n) is 4.17. The van der Waals surface area contributed by atoms with Gasteiger partial charge in [-0.15, -0.1) is 0 Å². The first-order valence-electron chi connectivity index (χ1n) is 10.8. The van der Waals surface area contributed by atoms with E-state index in [0.717, 1.165) is 37.5 Å². The Morgan fingerprint density at radius 1 is 1.12 bits per heavy atom. The van der Waals surface area contributed by atoms with Crippen molar-refractivity contribution in [1.29, 1.82) is 0 Å². The highest BCUT2D eigenvalue weighted by Gasteiger charge is 2.18. The zero-order valence-electron chi connectivity index (χ0n) is 18.5. The second-order valence-electron chi connectivity index (χ2n) is 8.39. The van der Waals surface area contributed by atoms with Crippen LogP contribution in [-0.2, 0) is 13.0 Å². The van der Waals surface area contributed by atoms with Crippen LogP contribution in [0, 0.1) is 11.6 Å². The molecule has 4 aromatic rings. The first-order valence-corrected chi connectivity index (χ1v) is 11.6. The van der Waals surface area contributed by atoms with Crippen molar-refractivity contribution in [3.8, 4) is 11.3 Å².